The molecule has 0 aliphatic carbocycles. The Morgan fingerprint density at radius 2 is 0.875 bits per heavy atom. The van der Waals surface area contributed by atoms with Crippen LogP contribution in [0.15, 0.2) is 192 Å². The average molecular weight is 614 g/mol. The lowest BCUT2D eigenvalue weighted by atomic mass is 10.00. The van der Waals surface area contributed by atoms with Crippen molar-refractivity contribution >= 4 is 49.6 Å². The molecule has 0 atom stereocenters. The van der Waals surface area contributed by atoms with Crippen molar-refractivity contribution in [2.45, 2.75) is 0 Å². The van der Waals surface area contributed by atoms with E-state index in [2.05, 4.69) is 175 Å². The van der Waals surface area contributed by atoms with Crippen molar-refractivity contribution < 1.29 is 4.42 Å². The van der Waals surface area contributed by atoms with Gasteiger partial charge in [-0.3, -0.25) is 0 Å². The Kier molecular flexibility index (Phi) is 6.84. The Hall–Kier alpha value is -6.38. The van der Waals surface area contributed by atoms with E-state index in [0.717, 1.165) is 50.5 Å². The minimum Gasteiger partial charge on any atom is -0.456 e. The quantitative estimate of drug-likeness (QED) is 0.174. The van der Waals surface area contributed by atoms with Gasteiger partial charge in [0.2, 0.25) is 0 Å². The van der Waals surface area contributed by atoms with E-state index in [4.69, 9.17) is 4.42 Å². The van der Waals surface area contributed by atoms with Crippen LogP contribution in [0.25, 0.3) is 66.1 Å². The van der Waals surface area contributed by atoms with Crippen LogP contribution in [-0.2, 0) is 0 Å². The maximum absolute atomic E-state index is 6.18. The van der Waals surface area contributed by atoms with Gasteiger partial charge in [-0.15, -0.1) is 0 Å². The van der Waals surface area contributed by atoms with Gasteiger partial charge < -0.3 is 9.32 Å². The molecule has 0 N–H and O–H groups in total. The lowest BCUT2D eigenvalue weighted by Crippen LogP contribution is -2.09. The summed E-state index contributed by atoms with van der Waals surface area (Å²) in [5.74, 6) is 0.879. The van der Waals surface area contributed by atoms with Gasteiger partial charge in [-0.2, -0.15) is 0 Å². The number of hydrogen-bond acceptors (Lipinski definition) is 2. The van der Waals surface area contributed by atoms with Crippen LogP contribution >= 0.6 is 0 Å². The van der Waals surface area contributed by atoms with Crippen molar-refractivity contribution in [2.75, 3.05) is 4.90 Å². The Labute approximate surface area is 279 Å². The Morgan fingerprint density at radius 1 is 0.312 bits per heavy atom. The molecule has 0 amide bonds. The molecule has 8 aromatic carbocycles. The smallest absolute Gasteiger partial charge is 0.135 e. The molecule has 0 aliphatic rings. The van der Waals surface area contributed by atoms with Gasteiger partial charge in [0, 0.05) is 28.0 Å². The summed E-state index contributed by atoms with van der Waals surface area (Å²) < 4.78 is 6.18. The third kappa shape index (κ3) is 5.10. The Bertz CT molecular complexity index is 2510. The summed E-state index contributed by atoms with van der Waals surface area (Å²) in [6, 6.07) is 67.0. The van der Waals surface area contributed by atoms with Crippen molar-refractivity contribution in [3.8, 4) is 33.6 Å². The molecule has 1 heterocycles. The number of furan rings is 1. The second kappa shape index (κ2) is 11.8. The number of rotatable bonds is 6. The van der Waals surface area contributed by atoms with Gasteiger partial charge in [0.1, 0.15) is 11.3 Å². The van der Waals surface area contributed by atoms with E-state index in [-0.39, 0.29) is 0 Å². The topological polar surface area (TPSA) is 16.4 Å². The maximum atomic E-state index is 6.18. The number of nitrogens with zero attached hydrogens (tertiary/aromatic N) is 1. The molecule has 0 radical (unpaired) electrons. The number of benzene rings is 8. The summed E-state index contributed by atoms with van der Waals surface area (Å²) in [6.45, 7) is 0. The molecule has 1 aromatic heterocycles. The predicted octanol–water partition coefficient (Wildman–Crippen LogP) is 13.2. The van der Waals surface area contributed by atoms with Gasteiger partial charge in [0.05, 0.1) is 0 Å². The normalized spacial score (nSPS) is 11.3. The van der Waals surface area contributed by atoms with E-state index < -0.39 is 0 Å². The van der Waals surface area contributed by atoms with Crippen LogP contribution in [0.4, 0.5) is 17.1 Å². The molecule has 0 saturated carbocycles. The zero-order valence-corrected chi connectivity index (χ0v) is 26.3. The Morgan fingerprint density at radius 3 is 1.65 bits per heavy atom. The minimum absolute atomic E-state index is 0.879. The maximum Gasteiger partial charge on any atom is 0.135 e. The lowest BCUT2D eigenvalue weighted by Gasteiger charge is -2.26. The minimum atomic E-state index is 0.879. The van der Waals surface area contributed by atoms with Gasteiger partial charge in [0.25, 0.3) is 0 Å². The molecule has 0 spiro atoms. The first-order valence-corrected chi connectivity index (χ1v) is 16.3. The molecule has 226 valence electrons. The van der Waals surface area contributed by atoms with Crippen molar-refractivity contribution in [1.82, 2.24) is 0 Å². The molecule has 48 heavy (non-hydrogen) atoms. The first kappa shape index (κ1) is 27.9. The van der Waals surface area contributed by atoms with Gasteiger partial charge in [-0.25, -0.2) is 0 Å². The highest BCUT2D eigenvalue weighted by Gasteiger charge is 2.15. The van der Waals surface area contributed by atoms with E-state index in [1.807, 2.05) is 18.2 Å². The van der Waals surface area contributed by atoms with Crippen molar-refractivity contribution in [1.29, 1.82) is 0 Å². The van der Waals surface area contributed by atoms with Crippen LogP contribution in [0.3, 0.4) is 0 Å². The van der Waals surface area contributed by atoms with Crippen molar-refractivity contribution in [2.24, 2.45) is 0 Å². The number of hydrogen-bond donors (Lipinski definition) is 0. The highest BCUT2D eigenvalue weighted by molar-refractivity contribution is 6.08. The second-order valence-electron chi connectivity index (χ2n) is 12.2. The fraction of sp³-hybridized carbons (Fsp3) is 0. The molecule has 2 nitrogen and oxygen atoms in total. The van der Waals surface area contributed by atoms with Crippen molar-refractivity contribution in [3.05, 3.63) is 188 Å². The summed E-state index contributed by atoms with van der Waals surface area (Å²) in [5.41, 5.74) is 10.0. The number of para-hydroxylation sites is 1. The Balaban J connectivity index is 1.11. The molecular formula is C46H31NO. The molecule has 9 rings (SSSR count). The number of fused-ring (bicyclic) bond motifs is 4. The lowest BCUT2D eigenvalue weighted by molar-refractivity contribution is 0.631. The molecule has 0 unspecified atom stereocenters. The van der Waals surface area contributed by atoms with E-state index in [0.29, 0.717) is 0 Å². The third-order valence-corrected chi connectivity index (χ3v) is 9.25. The highest BCUT2D eigenvalue weighted by Crippen LogP contribution is 2.39. The van der Waals surface area contributed by atoms with E-state index in [1.54, 1.807) is 0 Å². The second-order valence-corrected chi connectivity index (χ2v) is 12.2. The summed E-state index contributed by atoms with van der Waals surface area (Å²) in [5, 5.41) is 6.12. The van der Waals surface area contributed by atoms with E-state index >= 15 is 0 Å². The standard InChI is InChI=1S/C46H31NO/c1-2-9-32(10-3-1)33-19-23-40(24-20-33)47(42-27-28-44-37(30-42)18-17-35-11-4-6-15-43(35)44)41-25-21-34(22-26-41)36-13-8-14-38(29-36)46-31-39-12-5-7-16-45(39)48-46/h1-31H. The first-order chi connectivity index (χ1) is 23.8. The van der Waals surface area contributed by atoms with Crippen LogP contribution in [0.5, 0.6) is 0 Å². The van der Waals surface area contributed by atoms with E-state index in [1.165, 1.54) is 32.7 Å². The molecule has 9 aromatic rings. The predicted molar refractivity (Wildman–Crippen MR) is 202 cm³/mol. The monoisotopic (exact) mass is 613 g/mol. The van der Waals surface area contributed by atoms with Gasteiger partial charge in [-0.1, -0.05) is 133 Å². The van der Waals surface area contributed by atoms with E-state index in [9.17, 15) is 0 Å². The summed E-state index contributed by atoms with van der Waals surface area (Å²) >= 11 is 0. The largest absolute Gasteiger partial charge is 0.456 e. The van der Waals surface area contributed by atoms with Gasteiger partial charge in [0.15, 0.2) is 0 Å². The number of anilines is 3. The fourth-order valence-corrected chi connectivity index (χ4v) is 6.80. The van der Waals surface area contributed by atoms with Crippen LogP contribution in [0.1, 0.15) is 0 Å². The fourth-order valence-electron chi connectivity index (χ4n) is 6.80. The SMILES string of the molecule is c1ccc(-c2ccc(N(c3ccc(-c4cccc(-c5cc6ccccc6o5)c4)cc3)c3ccc4c(ccc5ccccc54)c3)cc2)cc1. The summed E-state index contributed by atoms with van der Waals surface area (Å²) in [7, 11) is 0. The summed E-state index contributed by atoms with van der Waals surface area (Å²) in [4.78, 5) is 2.35. The third-order valence-electron chi connectivity index (χ3n) is 9.25. The molecular weight excluding hydrogens is 583 g/mol. The first-order valence-electron chi connectivity index (χ1n) is 16.3. The molecule has 2 heteroatoms. The zero-order chi connectivity index (χ0) is 31.9. The van der Waals surface area contributed by atoms with Crippen molar-refractivity contribution in [3.63, 3.8) is 0 Å². The molecule has 0 aliphatic heterocycles. The van der Waals surface area contributed by atoms with Crippen LogP contribution in [0.2, 0.25) is 0 Å². The van der Waals surface area contributed by atoms with Gasteiger partial charge in [-0.05, 0) is 98.4 Å². The van der Waals surface area contributed by atoms with Gasteiger partial charge >= 0.3 is 0 Å². The average Bonchev–Trinajstić information content (AvgIpc) is 3.61. The molecule has 0 fully saturated rings. The molecule has 0 bridgehead atoms. The van der Waals surface area contributed by atoms with Crippen LogP contribution < -0.4 is 4.90 Å². The zero-order valence-electron chi connectivity index (χ0n) is 26.3. The van der Waals surface area contributed by atoms with Crippen LogP contribution in [0, 0.1) is 0 Å². The highest BCUT2D eigenvalue weighted by atomic mass is 16.3. The summed E-state index contributed by atoms with van der Waals surface area (Å²) in [6.07, 6.45) is 0. The van der Waals surface area contributed by atoms with Crippen LogP contribution in [-0.4, -0.2) is 0 Å². The molecule has 0 saturated heterocycles.